The molecule has 0 fully saturated rings. The molecule has 0 aliphatic rings. The second kappa shape index (κ2) is 10.4. The molecule has 0 radical (unpaired) electrons. The van der Waals surface area contributed by atoms with Crippen LogP contribution in [0.5, 0.6) is 0 Å². The molecule has 0 unspecified atom stereocenters. The number of esters is 1. The lowest BCUT2D eigenvalue weighted by Crippen LogP contribution is -2.45. The molecule has 0 bridgehead atoms. The van der Waals surface area contributed by atoms with Crippen molar-refractivity contribution in [3.05, 3.63) is 36.5 Å². The van der Waals surface area contributed by atoms with Crippen molar-refractivity contribution < 1.29 is 33.0 Å². The Morgan fingerprint density at radius 3 is 2.42 bits per heavy atom. The van der Waals surface area contributed by atoms with Gasteiger partial charge in [0.25, 0.3) is 0 Å². The summed E-state index contributed by atoms with van der Waals surface area (Å²) in [6, 6.07) is 4.26. The molecule has 0 saturated heterocycles. The molecule has 3 aromatic rings. The number of alkyl carbamates (subject to hydrolysis) is 1. The zero-order valence-corrected chi connectivity index (χ0v) is 21.6. The highest BCUT2D eigenvalue weighted by Gasteiger charge is 2.28. The topological polar surface area (TPSA) is 135 Å². The minimum absolute atomic E-state index is 0.0522. The summed E-state index contributed by atoms with van der Waals surface area (Å²) in [5.41, 5.74) is 0.876. The van der Waals surface area contributed by atoms with E-state index in [1.54, 1.807) is 66.8 Å². The zero-order valence-electron chi connectivity index (χ0n) is 21.6. The van der Waals surface area contributed by atoms with Crippen molar-refractivity contribution in [1.82, 2.24) is 20.1 Å². The van der Waals surface area contributed by atoms with Crippen molar-refractivity contribution in [3.8, 4) is 11.1 Å². The number of para-hydroxylation sites is 1. The molecule has 0 aliphatic heterocycles. The number of amides is 1. The first-order valence-corrected chi connectivity index (χ1v) is 11.6. The third-order valence-corrected chi connectivity index (χ3v) is 4.58. The highest BCUT2D eigenvalue weighted by Crippen LogP contribution is 2.29. The molecule has 11 heteroatoms. The van der Waals surface area contributed by atoms with Crippen LogP contribution in [0.2, 0.25) is 0 Å². The number of ether oxygens (including phenoxy) is 3. The molecule has 11 nitrogen and oxygen atoms in total. The Bertz CT molecular complexity index is 1250. The normalized spacial score (nSPS) is 12.8. The van der Waals surface area contributed by atoms with Gasteiger partial charge in [0.05, 0.1) is 19.2 Å². The van der Waals surface area contributed by atoms with Gasteiger partial charge in [-0.1, -0.05) is 12.1 Å². The van der Waals surface area contributed by atoms with Crippen molar-refractivity contribution in [3.63, 3.8) is 0 Å². The van der Waals surface area contributed by atoms with Crippen LogP contribution in [0.4, 0.5) is 9.59 Å². The third-order valence-electron chi connectivity index (χ3n) is 4.58. The van der Waals surface area contributed by atoms with Crippen molar-refractivity contribution in [2.75, 3.05) is 6.61 Å². The van der Waals surface area contributed by atoms with Crippen molar-refractivity contribution >= 4 is 29.3 Å². The van der Waals surface area contributed by atoms with E-state index in [9.17, 15) is 14.4 Å². The zero-order chi connectivity index (χ0) is 26.7. The molecular weight excluding hydrogens is 468 g/mol. The predicted octanol–water partition coefficient (Wildman–Crippen LogP) is 4.47. The van der Waals surface area contributed by atoms with E-state index in [2.05, 4.69) is 15.4 Å². The number of benzene rings is 1. The third kappa shape index (κ3) is 7.06. The molecule has 1 N–H and O–H groups in total. The van der Waals surface area contributed by atoms with E-state index < -0.39 is 35.4 Å². The predicted molar refractivity (Wildman–Crippen MR) is 130 cm³/mol. The number of rotatable bonds is 6. The fourth-order valence-electron chi connectivity index (χ4n) is 3.25. The maximum Gasteiger partial charge on any atom is 0.435 e. The first-order valence-electron chi connectivity index (χ1n) is 11.6. The first-order chi connectivity index (χ1) is 16.8. The van der Waals surface area contributed by atoms with Crippen molar-refractivity contribution in [2.45, 2.75) is 72.1 Å². The molecule has 0 saturated carbocycles. The lowest BCUT2D eigenvalue weighted by molar-refractivity contribution is -0.145. The quantitative estimate of drug-likeness (QED) is 0.384. The molecule has 194 valence electrons. The average molecular weight is 501 g/mol. The largest absolute Gasteiger partial charge is 0.464 e. The van der Waals surface area contributed by atoms with Gasteiger partial charge < -0.3 is 23.9 Å². The summed E-state index contributed by atoms with van der Waals surface area (Å²) in [4.78, 5) is 41.7. The number of nitrogens with one attached hydrogen (secondary N) is 1. The standard InChI is InChI=1S/C25H32N4O7/c1-8-33-21(30)17(27-22(31)35-24(2,3)4)12-19-28-20-16(10-9-11-18(20)34-19)15-13-26-29(14-15)23(32)36-25(5,6)7/h9-11,13-14,17H,8,12H2,1-7H3,(H,27,31)/t17-/m0/s1. The average Bonchev–Trinajstić information content (AvgIpc) is 3.37. The minimum Gasteiger partial charge on any atom is -0.464 e. The summed E-state index contributed by atoms with van der Waals surface area (Å²) in [5, 5.41) is 6.64. The lowest BCUT2D eigenvalue weighted by Gasteiger charge is -2.22. The van der Waals surface area contributed by atoms with Gasteiger partial charge in [-0.05, 0) is 54.5 Å². The Morgan fingerprint density at radius 1 is 1.08 bits per heavy atom. The first kappa shape index (κ1) is 26.7. The fourth-order valence-corrected chi connectivity index (χ4v) is 3.25. The second-order valence-electron chi connectivity index (χ2n) is 10.1. The summed E-state index contributed by atoms with van der Waals surface area (Å²) >= 11 is 0. The maximum absolute atomic E-state index is 12.5. The van der Waals surface area contributed by atoms with E-state index in [0.717, 1.165) is 4.68 Å². The molecule has 2 heterocycles. The highest BCUT2D eigenvalue weighted by molar-refractivity contribution is 5.91. The van der Waals surface area contributed by atoms with Gasteiger partial charge in [0, 0.05) is 17.3 Å². The van der Waals surface area contributed by atoms with E-state index in [4.69, 9.17) is 18.6 Å². The summed E-state index contributed by atoms with van der Waals surface area (Å²) in [7, 11) is 0. The van der Waals surface area contributed by atoms with Crippen LogP contribution in [-0.2, 0) is 25.4 Å². The number of nitrogens with zero attached hydrogens (tertiary/aromatic N) is 3. The Balaban J connectivity index is 1.86. The summed E-state index contributed by atoms with van der Waals surface area (Å²) in [6.07, 6.45) is 1.66. The highest BCUT2D eigenvalue weighted by atomic mass is 16.6. The van der Waals surface area contributed by atoms with Gasteiger partial charge in [-0.15, -0.1) is 0 Å². The van der Waals surface area contributed by atoms with Gasteiger partial charge in [0.2, 0.25) is 0 Å². The van der Waals surface area contributed by atoms with Crippen LogP contribution in [-0.4, -0.2) is 56.8 Å². The van der Waals surface area contributed by atoms with Gasteiger partial charge in [0.1, 0.15) is 22.8 Å². The van der Waals surface area contributed by atoms with E-state index in [1.807, 2.05) is 6.07 Å². The number of carbonyl (C=O) groups excluding carboxylic acids is 3. The molecule has 3 rings (SSSR count). The Labute approximate surface area is 209 Å². The van der Waals surface area contributed by atoms with E-state index in [0.29, 0.717) is 22.2 Å². The molecule has 1 atom stereocenters. The van der Waals surface area contributed by atoms with Gasteiger partial charge in [0.15, 0.2) is 11.5 Å². The van der Waals surface area contributed by atoms with E-state index in [1.165, 1.54) is 6.20 Å². The Hall–Kier alpha value is -3.89. The summed E-state index contributed by atoms with van der Waals surface area (Å²) in [6.45, 7) is 12.3. The molecule has 2 aromatic heterocycles. The minimum atomic E-state index is -1.06. The van der Waals surface area contributed by atoms with Crippen LogP contribution in [0.1, 0.15) is 54.4 Å². The van der Waals surface area contributed by atoms with Crippen LogP contribution in [0.25, 0.3) is 22.2 Å². The summed E-state index contributed by atoms with van der Waals surface area (Å²) < 4.78 is 22.7. The van der Waals surface area contributed by atoms with E-state index in [-0.39, 0.29) is 18.9 Å². The second-order valence-corrected chi connectivity index (χ2v) is 10.1. The van der Waals surface area contributed by atoms with Gasteiger partial charge in [-0.3, -0.25) is 0 Å². The Kier molecular flexibility index (Phi) is 7.71. The number of aromatic nitrogens is 3. The van der Waals surface area contributed by atoms with Gasteiger partial charge in [-0.25, -0.2) is 19.4 Å². The molecule has 1 amide bonds. The number of fused-ring (bicyclic) bond motifs is 1. The monoisotopic (exact) mass is 500 g/mol. The van der Waals surface area contributed by atoms with Crippen LogP contribution in [0.15, 0.2) is 35.0 Å². The number of carbonyl (C=O) groups is 3. The van der Waals surface area contributed by atoms with Crippen LogP contribution >= 0.6 is 0 Å². The molecule has 0 spiro atoms. The van der Waals surface area contributed by atoms with Crippen LogP contribution in [0, 0.1) is 0 Å². The van der Waals surface area contributed by atoms with Crippen LogP contribution < -0.4 is 5.32 Å². The molecule has 0 aliphatic carbocycles. The van der Waals surface area contributed by atoms with Crippen molar-refractivity contribution in [2.24, 2.45) is 0 Å². The Morgan fingerprint density at radius 2 is 1.78 bits per heavy atom. The maximum atomic E-state index is 12.5. The SMILES string of the molecule is CCOC(=O)[C@H](Cc1nc2c(-c3cnn(C(=O)OC(C)(C)C)c3)cccc2o1)NC(=O)OC(C)(C)C. The number of oxazole rings is 1. The smallest absolute Gasteiger partial charge is 0.435 e. The molecular formula is C25H32N4O7. The van der Waals surface area contributed by atoms with Gasteiger partial charge >= 0.3 is 18.2 Å². The molecule has 36 heavy (non-hydrogen) atoms. The fraction of sp³-hybridized carbons (Fsp3) is 0.480. The van der Waals surface area contributed by atoms with Gasteiger partial charge in [-0.2, -0.15) is 9.78 Å². The summed E-state index contributed by atoms with van der Waals surface area (Å²) in [5.74, 6) is -0.421. The number of hydrogen-bond donors (Lipinski definition) is 1. The molecule has 1 aromatic carbocycles. The lowest BCUT2D eigenvalue weighted by atomic mass is 10.1. The van der Waals surface area contributed by atoms with Crippen LogP contribution in [0.3, 0.4) is 0 Å². The van der Waals surface area contributed by atoms with E-state index >= 15 is 0 Å². The number of hydrogen-bond acceptors (Lipinski definition) is 9. The van der Waals surface area contributed by atoms with Crippen molar-refractivity contribution in [1.29, 1.82) is 0 Å².